The predicted molar refractivity (Wildman–Crippen MR) is 134 cm³/mol. The summed E-state index contributed by atoms with van der Waals surface area (Å²) in [5.41, 5.74) is 7.76. The number of benzene rings is 3. The summed E-state index contributed by atoms with van der Waals surface area (Å²) in [6, 6.07) is 19.9. The summed E-state index contributed by atoms with van der Waals surface area (Å²) in [5.74, 6) is -0.267. The largest absolute Gasteiger partial charge is 0.487 e. The lowest BCUT2D eigenvalue weighted by molar-refractivity contribution is -0.125. The molecule has 2 N–H and O–H groups in total. The highest BCUT2D eigenvalue weighted by Crippen LogP contribution is 2.28. The number of hydrogen-bond donors (Lipinski definition) is 2. The highest BCUT2D eigenvalue weighted by molar-refractivity contribution is 9.10. The van der Waals surface area contributed by atoms with Gasteiger partial charge in [0.15, 0.2) is 0 Å². The van der Waals surface area contributed by atoms with Crippen molar-refractivity contribution in [1.29, 1.82) is 0 Å². The number of para-hydroxylation sites is 2. The molecule has 1 aliphatic heterocycles. The van der Waals surface area contributed by atoms with Crippen molar-refractivity contribution < 1.29 is 14.3 Å². The van der Waals surface area contributed by atoms with Gasteiger partial charge in [-0.1, -0.05) is 57.3 Å². The van der Waals surface area contributed by atoms with Gasteiger partial charge in [-0.25, -0.2) is 0 Å². The maximum absolute atomic E-state index is 12.7. The number of carbonyl (C=O) groups excluding carboxylic acids is 2. The van der Waals surface area contributed by atoms with Crippen LogP contribution in [0, 0.1) is 5.92 Å². The maximum Gasteiger partial charge on any atom is 0.243 e. The van der Waals surface area contributed by atoms with Gasteiger partial charge in [-0.15, -0.1) is 0 Å². The number of ether oxygens (including phenoxy) is 1. The first-order valence-electron chi connectivity index (χ1n) is 10.2. The first kappa shape index (κ1) is 23.4. The number of anilines is 2. The molecule has 0 spiro atoms. The van der Waals surface area contributed by atoms with Crippen LogP contribution in [-0.2, 0) is 16.2 Å². The predicted octanol–water partition coefficient (Wildman–Crippen LogP) is 5.83. The number of nitrogens with one attached hydrogen (secondary N) is 2. The van der Waals surface area contributed by atoms with E-state index in [1.165, 1.54) is 0 Å². The average molecular weight is 549 g/mol. The Morgan fingerprint density at radius 1 is 1.09 bits per heavy atom. The Morgan fingerprint density at radius 2 is 1.85 bits per heavy atom. The van der Waals surface area contributed by atoms with Crippen LogP contribution in [0.15, 0.2) is 71.2 Å². The summed E-state index contributed by atoms with van der Waals surface area (Å²) in [5, 5.41) is 1.07. The van der Waals surface area contributed by atoms with Crippen LogP contribution in [0.2, 0.25) is 10.0 Å². The van der Waals surface area contributed by atoms with Gasteiger partial charge in [-0.3, -0.25) is 20.4 Å². The molecule has 0 bridgehead atoms. The van der Waals surface area contributed by atoms with Gasteiger partial charge in [0.25, 0.3) is 0 Å². The van der Waals surface area contributed by atoms with Crippen molar-refractivity contribution >= 4 is 62.3 Å². The third-order valence-corrected chi connectivity index (χ3v) is 6.36. The van der Waals surface area contributed by atoms with E-state index in [0.29, 0.717) is 28.0 Å². The molecule has 1 atom stereocenters. The molecule has 0 aliphatic carbocycles. The molecule has 4 rings (SSSR count). The molecule has 3 aromatic carbocycles. The molecule has 1 fully saturated rings. The number of amides is 2. The van der Waals surface area contributed by atoms with Gasteiger partial charge in [0.1, 0.15) is 12.4 Å². The Labute approximate surface area is 209 Å². The van der Waals surface area contributed by atoms with E-state index >= 15 is 0 Å². The lowest BCUT2D eigenvalue weighted by atomic mass is 10.1. The van der Waals surface area contributed by atoms with Crippen molar-refractivity contribution in [2.45, 2.75) is 13.0 Å². The minimum atomic E-state index is -0.463. The molecular formula is C24H20BrCl2N3O3. The van der Waals surface area contributed by atoms with E-state index in [0.717, 1.165) is 15.7 Å². The van der Waals surface area contributed by atoms with Gasteiger partial charge in [-0.2, -0.15) is 0 Å². The molecule has 1 saturated heterocycles. The normalized spacial score (nSPS) is 15.4. The molecule has 170 valence electrons. The summed E-state index contributed by atoms with van der Waals surface area (Å²) in [6.07, 6.45) is 0.150. The molecule has 3 aromatic rings. The number of hydrazine groups is 1. The molecule has 0 saturated carbocycles. The van der Waals surface area contributed by atoms with Gasteiger partial charge >= 0.3 is 0 Å². The van der Waals surface area contributed by atoms with Crippen LogP contribution < -0.4 is 20.5 Å². The second kappa shape index (κ2) is 10.5. The van der Waals surface area contributed by atoms with Crippen LogP contribution >= 0.6 is 39.1 Å². The van der Waals surface area contributed by atoms with E-state index in [1.54, 1.807) is 35.2 Å². The van der Waals surface area contributed by atoms with Gasteiger partial charge in [-0.05, 0) is 48.5 Å². The monoisotopic (exact) mass is 547 g/mol. The summed E-state index contributed by atoms with van der Waals surface area (Å²) >= 11 is 15.5. The van der Waals surface area contributed by atoms with Gasteiger partial charge < -0.3 is 9.64 Å². The zero-order valence-electron chi connectivity index (χ0n) is 17.4. The Kier molecular flexibility index (Phi) is 7.42. The third-order valence-electron chi connectivity index (χ3n) is 5.24. The fourth-order valence-electron chi connectivity index (χ4n) is 3.47. The number of rotatable bonds is 7. The minimum absolute atomic E-state index is 0.0824. The zero-order valence-corrected chi connectivity index (χ0v) is 20.5. The lowest BCUT2D eigenvalue weighted by Crippen LogP contribution is -2.36. The fraction of sp³-hybridized carbons (Fsp3) is 0.167. The van der Waals surface area contributed by atoms with Crippen LogP contribution in [0.4, 0.5) is 11.4 Å². The van der Waals surface area contributed by atoms with Crippen molar-refractivity contribution in [1.82, 2.24) is 5.43 Å². The molecule has 0 aromatic heterocycles. The van der Waals surface area contributed by atoms with Gasteiger partial charge in [0, 0.05) is 38.7 Å². The number of nitrogens with zero attached hydrogens (tertiary/aromatic N) is 1. The van der Waals surface area contributed by atoms with Crippen LogP contribution in [0.5, 0.6) is 5.75 Å². The topological polar surface area (TPSA) is 70.7 Å². The second-order valence-corrected chi connectivity index (χ2v) is 9.28. The molecule has 6 nitrogen and oxygen atoms in total. The number of halogens is 3. The van der Waals surface area contributed by atoms with E-state index in [2.05, 4.69) is 26.8 Å². The maximum atomic E-state index is 12.7. The first-order chi connectivity index (χ1) is 15.9. The molecule has 9 heteroatoms. The standard InChI is InChI=1S/C24H20BrCl2N3O3/c25-17-6-9-19(10-7-17)30-13-16(11-23(30)31)24(32)29-28-21-3-1-2-4-22(21)33-14-15-5-8-18(26)12-20(15)27/h1-10,12,16,28H,11,13-14H2,(H,29,32)/t16-/m0/s1. The summed E-state index contributed by atoms with van der Waals surface area (Å²) < 4.78 is 6.82. The quantitative estimate of drug-likeness (QED) is 0.364. The van der Waals surface area contributed by atoms with Crippen LogP contribution in [0.3, 0.4) is 0 Å². The van der Waals surface area contributed by atoms with Crippen molar-refractivity contribution in [3.05, 3.63) is 86.8 Å². The van der Waals surface area contributed by atoms with E-state index in [9.17, 15) is 9.59 Å². The molecule has 33 heavy (non-hydrogen) atoms. The summed E-state index contributed by atoms with van der Waals surface area (Å²) in [7, 11) is 0. The summed E-state index contributed by atoms with van der Waals surface area (Å²) in [4.78, 5) is 26.8. The van der Waals surface area contributed by atoms with Crippen LogP contribution in [-0.4, -0.2) is 18.4 Å². The highest BCUT2D eigenvalue weighted by Gasteiger charge is 2.35. The van der Waals surface area contributed by atoms with Gasteiger partial charge in [0.2, 0.25) is 11.8 Å². The second-order valence-electron chi connectivity index (χ2n) is 7.52. The van der Waals surface area contributed by atoms with E-state index in [-0.39, 0.29) is 24.8 Å². The highest BCUT2D eigenvalue weighted by atomic mass is 79.9. The van der Waals surface area contributed by atoms with E-state index < -0.39 is 5.92 Å². The van der Waals surface area contributed by atoms with E-state index in [4.69, 9.17) is 27.9 Å². The first-order valence-corrected chi connectivity index (χ1v) is 11.7. The van der Waals surface area contributed by atoms with Gasteiger partial charge in [0.05, 0.1) is 11.6 Å². The molecule has 0 radical (unpaired) electrons. The smallest absolute Gasteiger partial charge is 0.243 e. The minimum Gasteiger partial charge on any atom is -0.487 e. The summed E-state index contributed by atoms with van der Waals surface area (Å²) in [6.45, 7) is 0.559. The Morgan fingerprint density at radius 3 is 2.61 bits per heavy atom. The van der Waals surface area contributed by atoms with Crippen molar-refractivity contribution in [2.24, 2.45) is 5.92 Å². The van der Waals surface area contributed by atoms with E-state index in [1.807, 2.05) is 36.4 Å². The molecule has 2 amide bonds. The Bertz CT molecular complexity index is 1170. The number of hydrogen-bond acceptors (Lipinski definition) is 4. The lowest BCUT2D eigenvalue weighted by Gasteiger charge is -2.18. The van der Waals surface area contributed by atoms with Crippen molar-refractivity contribution in [3.63, 3.8) is 0 Å². The van der Waals surface area contributed by atoms with Crippen LogP contribution in [0.1, 0.15) is 12.0 Å². The SMILES string of the molecule is O=C(NNc1ccccc1OCc1ccc(Cl)cc1Cl)[C@H]1CC(=O)N(c2ccc(Br)cc2)C1. The molecule has 1 aliphatic rings. The number of carbonyl (C=O) groups is 2. The molecule has 1 heterocycles. The fourth-order valence-corrected chi connectivity index (χ4v) is 4.20. The average Bonchev–Trinajstić information content (AvgIpc) is 3.19. The molecule has 0 unspecified atom stereocenters. The van der Waals surface area contributed by atoms with Crippen LogP contribution in [0.25, 0.3) is 0 Å². The zero-order chi connectivity index (χ0) is 23.4. The Hall–Kier alpha value is -2.74. The molecular weight excluding hydrogens is 529 g/mol. The Balaban J connectivity index is 1.36. The van der Waals surface area contributed by atoms with Crippen molar-refractivity contribution in [3.8, 4) is 5.75 Å². The van der Waals surface area contributed by atoms with Crippen molar-refractivity contribution in [2.75, 3.05) is 16.9 Å². The third kappa shape index (κ3) is 5.79.